The Morgan fingerprint density at radius 1 is 1.07 bits per heavy atom. The second-order valence-corrected chi connectivity index (χ2v) is 7.94. The third-order valence-electron chi connectivity index (χ3n) is 3.86. The molecule has 28 heavy (non-hydrogen) atoms. The zero-order chi connectivity index (χ0) is 20.7. The quantitative estimate of drug-likeness (QED) is 0.547. The normalized spacial score (nSPS) is 11.4. The molecule has 2 aromatic carbocycles. The van der Waals surface area contributed by atoms with E-state index in [1.165, 1.54) is 19.2 Å². The van der Waals surface area contributed by atoms with Gasteiger partial charge in [-0.1, -0.05) is 35.9 Å². The number of rotatable bonds is 7. The first-order valence-electron chi connectivity index (χ1n) is 8.47. The van der Waals surface area contributed by atoms with E-state index in [0.29, 0.717) is 5.56 Å². The fourth-order valence-electron chi connectivity index (χ4n) is 2.30. The molecular formula is C20H22N2O5S. The molecule has 0 spiro atoms. The van der Waals surface area contributed by atoms with Crippen molar-refractivity contribution in [1.29, 1.82) is 0 Å². The standard InChI is InChI=1S/C20H22N2O5S/c1-14-4-7-16(8-5-14)9-11-20(24)27-13-19(23)22-17-10-6-15(2)18(12-17)28(25,26)21-3/h4-12,21H,13H2,1-3H3,(H,22,23)/b11-9+. The lowest BCUT2D eigenvalue weighted by Crippen LogP contribution is -2.22. The molecule has 0 bridgehead atoms. The smallest absolute Gasteiger partial charge is 0.331 e. The topological polar surface area (TPSA) is 102 Å². The fourth-order valence-corrected chi connectivity index (χ4v) is 3.29. The van der Waals surface area contributed by atoms with Gasteiger partial charge in [-0.2, -0.15) is 0 Å². The van der Waals surface area contributed by atoms with Crippen molar-refractivity contribution in [2.75, 3.05) is 19.0 Å². The molecule has 1 amide bonds. The number of aryl methyl sites for hydroxylation is 2. The van der Waals surface area contributed by atoms with Gasteiger partial charge < -0.3 is 10.1 Å². The average molecular weight is 402 g/mol. The van der Waals surface area contributed by atoms with Crippen LogP contribution in [-0.4, -0.2) is 33.9 Å². The number of benzene rings is 2. The van der Waals surface area contributed by atoms with Crippen LogP contribution in [0.1, 0.15) is 16.7 Å². The van der Waals surface area contributed by atoms with Gasteiger partial charge in [-0.05, 0) is 50.2 Å². The maximum absolute atomic E-state index is 12.0. The molecule has 148 valence electrons. The minimum atomic E-state index is -3.65. The Balaban J connectivity index is 1.93. The number of sulfonamides is 1. The summed E-state index contributed by atoms with van der Waals surface area (Å²) in [6, 6.07) is 12.1. The molecule has 0 fully saturated rings. The molecule has 2 aromatic rings. The van der Waals surface area contributed by atoms with Gasteiger partial charge in [0.05, 0.1) is 4.90 Å². The Kier molecular flexibility index (Phi) is 7.08. The van der Waals surface area contributed by atoms with Crippen LogP contribution in [0.15, 0.2) is 53.4 Å². The van der Waals surface area contributed by atoms with E-state index >= 15 is 0 Å². The minimum absolute atomic E-state index is 0.0609. The van der Waals surface area contributed by atoms with Crippen LogP contribution >= 0.6 is 0 Å². The van der Waals surface area contributed by atoms with Crippen molar-refractivity contribution >= 4 is 33.7 Å². The number of anilines is 1. The molecule has 8 heteroatoms. The lowest BCUT2D eigenvalue weighted by Gasteiger charge is -2.10. The van der Waals surface area contributed by atoms with E-state index in [0.717, 1.165) is 11.1 Å². The molecule has 0 aliphatic rings. The summed E-state index contributed by atoms with van der Waals surface area (Å²) in [6.45, 7) is 3.13. The summed E-state index contributed by atoms with van der Waals surface area (Å²) in [7, 11) is -2.34. The second-order valence-electron chi connectivity index (χ2n) is 6.09. The number of ether oxygens (including phenoxy) is 1. The molecule has 0 heterocycles. The Morgan fingerprint density at radius 3 is 2.39 bits per heavy atom. The van der Waals surface area contributed by atoms with Crippen molar-refractivity contribution in [3.63, 3.8) is 0 Å². The van der Waals surface area contributed by atoms with Gasteiger partial charge in [-0.15, -0.1) is 0 Å². The Morgan fingerprint density at radius 2 is 1.75 bits per heavy atom. The maximum atomic E-state index is 12.0. The van der Waals surface area contributed by atoms with Crippen molar-refractivity contribution in [3.05, 3.63) is 65.2 Å². The highest BCUT2D eigenvalue weighted by Gasteiger charge is 2.16. The van der Waals surface area contributed by atoms with Crippen molar-refractivity contribution in [2.24, 2.45) is 0 Å². The monoisotopic (exact) mass is 402 g/mol. The summed E-state index contributed by atoms with van der Waals surface area (Å²) in [4.78, 5) is 23.8. The van der Waals surface area contributed by atoms with Gasteiger partial charge >= 0.3 is 5.97 Å². The molecule has 0 aliphatic heterocycles. The molecule has 0 radical (unpaired) electrons. The highest BCUT2D eigenvalue weighted by Crippen LogP contribution is 2.19. The van der Waals surface area contributed by atoms with Gasteiger partial charge in [-0.3, -0.25) is 4.79 Å². The molecule has 2 rings (SSSR count). The van der Waals surface area contributed by atoms with Crippen LogP contribution < -0.4 is 10.0 Å². The Hall–Kier alpha value is -2.97. The summed E-state index contributed by atoms with van der Waals surface area (Å²) >= 11 is 0. The van der Waals surface area contributed by atoms with E-state index < -0.39 is 28.5 Å². The van der Waals surface area contributed by atoms with Crippen LogP contribution in [0.5, 0.6) is 0 Å². The first kappa shape index (κ1) is 21.3. The van der Waals surface area contributed by atoms with Gasteiger partial charge in [0.25, 0.3) is 5.91 Å². The predicted molar refractivity (Wildman–Crippen MR) is 107 cm³/mol. The number of hydrogen-bond donors (Lipinski definition) is 2. The van der Waals surface area contributed by atoms with Gasteiger partial charge in [0.1, 0.15) is 0 Å². The zero-order valence-corrected chi connectivity index (χ0v) is 16.7. The lowest BCUT2D eigenvalue weighted by molar-refractivity contribution is -0.142. The van der Waals surface area contributed by atoms with Crippen molar-refractivity contribution in [3.8, 4) is 0 Å². The van der Waals surface area contributed by atoms with Crippen molar-refractivity contribution in [1.82, 2.24) is 4.72 Å². The van der Waals surface area contributed by atoms with Crippen LogP contribution in [0.3, 0.4) is 0 Å². The van der Waals surface area contributed by atoms with Gasteiger partial charge in [0, 0.05) is 11.8 Å². The number of hydrogen-bond acceptors (Lipinski definition) is 5. The zero-order valence-electron chi connectivity index (χ0n) is 15.9. The summed E-state index contributed by atoms with van der Waals surface area (Å²) in [5.74, 6) is -1.23. The molecule has 0 saturated heterocycles. The maximum Gasteiger partial charge on any atom is 0.331 e. The summed E-state index contributed by atoms with van der Waals surface area (Å²) in [5, 5.41) is 2.51. The first-order valence-corrected chi connectivity index (χ1v) is 9.95. The molecular weight excluding hydrogens is 380 g/mol. The van der Waals surface area contributed by atoms with Crippen LogP contribution in [0.4, 0.5) is 5.69 Å². The van der Waals surface area contributed by atoms with Crippen LogP contribution in [0, 0.1) is 13.8 Å². The molecule has 0 aliphatic carbocycles. The molecule has 0 aromatic heterocycles. The number of esters is 1. The SMILES string of the molecule is CNS(=O)(=O)c1cc(NC(=O)COC(=O)/C=C/c2ccc(C)cc2)ccc1C. The Bertz CT molecular complexity index is 996. The number of carbonyl (C=O) groups excluding carboxylic acids is 2. The molecule has 0 unspecified atom stereocenters. The third kappa shape index (κ3) is 6.04. The summed E-state index contributed by atoms with van der Waals surface area (Å²) in [5.41, 5.74) is 2.78. The second kappa shape index (κ2) is 9.29. The summed E-state index contributed by atoms with van der Waals surface area (Å²) < 4.78 is 31.1. The van der Waals surface area contributed by atoms with E-state index in [-0.39, 0.29) is 10.6 Å². The first-order chi connectivity index (χ1) is 13.2. The highest BCUT2D eigenvalue weighted by atomic mass is 32.2. The average Bonchev–Trinajstić information content (AvgIpc) is 2.67. The largest absolute Gasteiger partial charge is 0.452 e. The third-order valence-corrected chi connectivity index (χ3v) is 5.42. The van der Waals surface area contributed by atoms with Crippen LogP contribution in [-0.2, 0) is 24.3 Å². The molecule has 7 nitrogen and oxygen atoms in total. The van der Waals surface area contributed by atoms with Gasteiger partial charge in [-0.25, -0.2) is 17.9 Å². The Labute approximate surface area is 164 Å². The van der Waals surface area contributed by atoms with Gasteiger partial charge in [0.15, 0.2) is 6.61 Å². The van der Waals surface area contributed by atoms with Crippen LogP contribution in [0.2, 0.25) is 0 Å². The molecule has 2 N–H and O–H groups in total. The number of carbonyl (C=O) groups is 2. The van der Waals surface area contributed by atoms with E-state index in [2.05, 4.69) is 10.0 Å². The van der Waals surface area contributed by atoms with E-state index in [9.17, 15) is 18.0 Å². The van der Waals surface area contributed by atoms with E-state index in [4.69, 9.17) is 4.74 Å². The van der Waals surface area contributed by atoms with Crippen LogP contribution in [0.25, 0.3) is 6.08 Å². The van der Waals surface area contributed by atoms with Gasteiger partial charge in [0.2, 0.25) is 10.0 Å². The lowest BCUT2D eigenvalue weighted by atomic mass is 10.1. The minimum Gasteiger partial charge on any atom is -0.452 e. The fraction of sp³-hybridized carbons (Fsp3) is 0.200. The van der Waals surface area contributed by atoms with E-state index in [1.807, 2.05) is 31.2 Å². The van der Waals surface area contributed by atoms with Crippen molar-refractivity contribution < 1.29 is 22.7 Å². The predicted octanol–water partition coefficient (Wildman–Crippen LogP) is 2.41. The number of amides is 1. The van der Waals surface area contributed by atoms with E-state index in [1.54, 1.807) is 25.1 Å². The van der Waals surface area contributed by atoms with Crippen molar-refractivity contribution in [2.45, 2.75) is 18.7 Å². The molecule has 0 saturated carbocycles. The highest BCUT2D eigenvalue weighted by molar-refractivity contribution is 7.89. The summed E-state index contributed by atoms with van der Waals surface area (Å²) in [6.07, 6.45) is 2.83. The molecule has 0 atom stereocenters. The number of nitrogens with one attached hydrogen (secondary N) is 2.